The lowest BCUT2D eigenvalue weighted by Gasteiger charge is -2.22. The van der Waals surface area contributed by atoms with E-state index in [0.29, 0.717) is 25.5 Å². The molecule has 1 aromatic rings. The molecule has 2 N–H and O–H groups in total. The molecule has 2 rings (SSSR count). The van der Waals surface area contributed by atoms with Gasteiger partial charge in [0.25, 0.3) is 0 Å². The quantitative estimate of drug-likeness (QED) is 0.799. The average molecular weight is 367 g/mol. The van der Waals surface area contributed by atoms with Crippen LogP contribution in [0.25, 0.3) is 0 Å². The summed E-state index contributed by atoms with van der Waals surface area (Å²) in [6, 6.07) is 1.52. The Bertz CT molecular complexity index is 538. The number of nitrogens with one attached hydrogen (secondary N) is 2. The molecule has 0 aliphatic carbocycles. The number of furan rings is 1. The molecule has 0 radical (unpaired) electrons. The van der Waals surface area contributed by atoms with Crippen LogP contribution in [0.3, 0.4) is 0 Å². The molecule has 0 aromatic carbocycles. The van der Waals surface area contributed by atoms with Gasteiger partial charge in [-0.1, -0.05) is 0 Å². The van der Waals surface area contributed by atoms with E-state index in [-0.39, 0.29) is 15.7 Å². The van der Waals surface area contributed by atoms with E-state index in [1.54, 1.807) is 7.05 Å². The van der Waals surface area contributed by atoms with Gasteiger partial charge in [0.15, 0.2) is 4.67 Å². The Morgan fingerprint density at radius 3 is 2.90 bits per heavy atom. The lowest BCUT2D eigenvalue weighted by Crippen LogP contribution is -2.35. The maximum atomic E-state index is 12.2. The van der Waals surface area contributed by atoms with Gasteiger partial charge in [-0.25, -0.2) is 13.1 Å². The van der Waals surface area contributed by atoms with E-state index in [1.165, 1.54) is 6.07 Å². The van der Waals surface area contributed by atoms with Crippen LogP contribution in [-0.4, -0.2) is 34.7 Å². The summed E-state index contributed by atoms with van der Waals surface area (Å²) in [7, 11) is -1.82. The number of ether oxygens (including phenoxy) is 1. The lowest BCUT2D eigenvalue weighted by atomic mass is 10.1. The smallest absolute Gasteiger partial charge is 0.245 e. The minimum Gasteiger partial charge on any atom is -0.452 e. The largest absolute Gasteiger partial charge is 0.452 e. The van der Waals surface area contributed by atoms with Crippen molar-refractivity contribution in [2.75, 3.05) is 20.2 Å². The van der Waals surface area contributed by atoms with Gasteiger partial charge in [0.2, 0.25) is 10.0 Å². The SMILES string of the molecule is CNCc1cc(S(=O)(=O)NCC2CCCCO2)c(Br)o1. The molecule has 6 nitrogen and oxygen atoms in total. The van der Waals surface area contributed by atoms with Gasteiger partial charge in [-0.2, -0.15) is 0 Å². The molecule has 1 saturated heterocycles. The van der Waals surface area contributed by atoms with Gasteiger partial charge in [0.1, 0.15) is 10.7 Å². The van der Waals surface area contributed by atoms with Crippen LogP contribution in [0.1, 0.15) is 25.0 Å². The van der Waals surface area contributed by atoms with Crippen LogP contribution in [0.4, 0.5) is 0 Å². The van der Waals surface area contributed by atoms with E-state index in [1.807, 2.05) is 0 Å². The van der Waals surface area contributed by atoms with Crippen LogP contribution in [0.5, 0.6) is 0 Å². The number of halogens is 1. The Kier molecular flexibility index (Phi) is 5.62. The molecule has 0 spiro atoms. The highest BCUT2D eigenvalue weighted by Gasteiger charge is 2.24. The van der Waals surface area contributed by atoms with Crippen LogP contribution in [0, 0.1) is 0 Å². The molecule has 1 aromatic heterocycles. The molecule has 0 bridgehead atoms. The van der Waals surface area contributed by atoms with Gasteiger partial charge in [-0.05, 0) is 42.2 Å². The molecule has 1 aliphatic heterocycles. The number of rotatable bonds is 6. The third-order valence-corrected chi connectivity index (χ3v) is 5.40. The van der Waals surface area contributed by atoms with Gasteiger partial charge < -0.3 is 14.5 Å². The predicted octanol–water partition coefficient (Wildman–Crippen LogP) is 1.61. The summed E-state index contributed by atoms with van der Waals surface area (Å²) in [5.41, 5.74) is 0. The van der Waals surface area contributed by atoms with Crippen LogP contribution in [-0.2, 0) is 21.3 Å². The van der Waals surface area contributed by atoms with E-state index in [9.17, 15) is 8.42 Å². The van der Waals surface area contributed by atoms with E-state index < -0.39 is 10.0 Å². The zero-order valence-electron chi connectivity index (χ0n) is 11.3. The summed E-state index contributed by atoms with van der Waals surface area (Å²) in [5.74, 6) is 0.564. The lowest BCUT2D eigenvalue weighted by molar-refractivity contribution is 0.0200. The third kappa shape index (κ3) is 4.05. The fraction of sp³-hybridized carbons (Fsp3) is 0.667. The maximum absolute atomic E-state index is 12.2. The fourth-order valence-electron chi connectivity index (χ4n) is 2.09. The van der Waals surface area contributed by atoms with Gasteiger partial charge in [-0.3, -0.25) is 0 Å². The molecule has 2 heterocycles. The minimum atomic E-state index is -3.59. The molecular weight excluding hydrogens is 348 g/mol. The predicted molar refractivity (Wildman–Crippen MR) is 78.0 cm³/mol. The molecule has 1 aliphatic rings. The molecule has 114 valence electrons. The summed E-state index contributed by atoms with van der Waals surface area (Å²) in [4.78, 5) is 0.124. The molecule has 1 atom stereocenters. The summed E-state index contributed by atoms with van der Waals surface area (Å²) in [5, 5.41) is 2.91. The van der Waals surface area contributed by atoms with Crippen molar-refractivity contribution in [1.29, 1.82) is 0 Å². The zero-order valence-corrected chi connectivity index (χ0v) is 13.7. The Morgan fingerprint density at radius 1 is 1.45 bits per heavy atom. The molecule has 1 fully saturated rings. The first-order valence-electron chi connectivity index (χ1n) is 6.57. The van der Waals surface area contributed by atoms with E-state index >= 15 is 0 Å². The first kappa shape index (κ1) is 16.0. The molecular formula is C12H19BrN2O4S. The van der Waals surface area contributed by atoms with Crippen molar-refractivity contribution in [2.45, 2.75) is 36.8 Å². The topological polar surface area (TPSA) is 80.6 Å². The van der Waals surface area contributed by atoms with E-state index in [0.717, 1.165) is 19.3 Å². The van der Waals surface area contributed by atoms with Crippen LogP contribution < -0.4 is 10.0 Å². The van der Waals surface area contributed by atoms with E-state index in [2.05, 4.69) is 26.0 Å². The Morgan fingerprint density at radius 2 is 2.25 bits per heavy atom. The second-order valence-corrected chi connectivity index (χ2v) is 7.18. The molecule has 0 amide bonds. The van der Waals surface area contributed by atoms with Crippen molar-refractivity contribution in [3.63, 3.8) is 0 Å². The summed E-state index contributed by atoms with van der Waals surface area (Å²) < 4.78 is 38.1. The van der Waals surface area contributed by atoms with Crippen LogP contribution >= 0.6 is 15.9 Å². The van der Waals surface area contributed by atoms with Gasteiger partial charge in [0.05, 0.1) is 12.6 Å². The standard InChI is InChI=1S/C12H19BrN2O4S/c1-14-7-10-6-11(12(13)19-10)20(16,17)15-8-9-4-2-3-5-18-9/h6,9,14-15H,2-5,7-8H2,1H3. The molecule has 8 heteroatoms. The van der Waals surface area contributed by atoms with Crippen LogP contribution in [0.15, 0.2) is 20.0 Å². The van der Waals surface area contributed by atoms with Crippen molar-refractivity contribution in [3.05, 3.63) is 16.5 Å². The molecule has 1 unspecified atom stereocenters. The van der Waals surface area contributed by atoms with Crippen molar-refractivity contribution in [2.24, 2.45) is 0 Å². The van der Waals surface area contributed by atoms with Gasteiger partial charge in [0, 0.05) is 19.2 Å². The van der Waals surface area contributed by atoms with Crippen LogP contribution in [0.2, 0.25) is 0 Å². The van der Waals surface area contributed by atoms with Gasteiger partial charge >= 0.3 is 0 Å². The summed E-state index contributed by atoms with van der Waals surface area (Å²) >= 11 is 3.14. The van der Waals surface area contributed by atoms with Gasteiger partial charge in [-0.15, -0.1) is 0 Å². The average Bonchev–Trinajstić information content (AvgIpc) is 2.80. The van der Waals surface area contributed by atoms with Crippen molar-refractivity contribution in [3.8, 4) is 0 Å². The fourth-order valence-corrected chi connectivity index (χ4v) is 4.15. The monoisotopic (exact) mass is 366 g/mol. The minimum absolute atomic E-state index is 0.0408. The number of sulfonamides is 1. The first-order valence-corrected chi connectivity index (χ1v) is 8.84. The second kappa shape index (κ2) is 7.04. The Labute approximate surface area is 127 Å². The highest BCUT2D eigenvalue weighted by atomic mass is 79.9. The number of hydrogen-bond donors (Lipinski definition) is 2. The zero-order chi connectivity index (χ0) is 14.6. The van der Waals surface area contributed by atoms with Crippen molar-refractivity contribution >= 4 is 26.0 Å². The summed E-state index contributed by atoms with van der Waals surface area (Å²) in [6.45, 7) is 1.47. The van der Waals surface area contributed by atoms with E-state index in [4.69, 9.17) is 9.15 Å². The summed E-state index contributed by atoms with van der Waals surface area (Å²) in [6.07, 6.45) is 2.97. The Hall–Kier alpha value is -0.410. The number of hydrogen-bond acceptors (Lipinski definition) is 5. The normalized spacial score (nSPS) is 20.2. The third-order valence-electron chi connectivity index (χ3n) is 3.12. The highest BCUT2D eigenvalue weighted by molar-refractivity contribution is 9.10. The Balaban J connectivity index is 2.01. The first-order chi connectivity index (χ1) is 9.53. The second-order valence-electron chi connectivity index (χ2n) is 4.72. The highest BCUT2D eigenvalue weighted by Crippen LogP contribution is 2.26. The van der Waals surface area contributed by atoms with Crippen molar-refractivity contribution < 1.29 is 17.6 Å². The van der Waals surface area contributed by atoms with Crippen molar-refractivity contribution in [1.82, 2.24) is 10.0 Å². The maximum Gasteiger partial charge on any atom is 0.245 e. The molecule has 20 heavy (non-hydrogen) atoms. The molecule has 0 saturated carbocycles.